The lowest BCUT2D eigenvalue weighted by atomic mass is 10.2. The lowest BCUT2D eigenvalue weighted by molar-refractivity contribution is 0.290. The smallest absolute Gasteiger partial charge is 0.244 e. The lowest BCUT2D eigenvalue weighted by Crippen LogP contribution is -2.42. The molecule has 1 fully saturated rings. The molecule has 1 saturated heterocycles. The third-order valence-corrected chi connectivity index (χ3v) is 6.30. The van der Waals surface area contributed by atoms with E-state index in [1.165, 1.54) is 0 Å². The highest BCUT2D eigenvalue weighted by Gasteiger charge is 2.32. The first-order chi connectivity index (χ1) is 9.86. The average molecular weight is 332 g/mol. The molecule has 1 aromatic carbocycles. The topological polar surface area (TPSA) is 66.6 Å². The number of benzene rings is 1. The van der Waals surface area contributed by atoms with E-state index in [9.17, 15) is 8.42 Å². The van der Waals surface area contributed by atoms with Crippen molar-refractivity contribution in [1.29, 1.82) is 0 Å². The maximum absolute atomic E-state index is 12.9. The van der Waals surface area contributed by atoms with Crippen LogP contribution in [0.15, 0.2) is 23.1 Å². The van der Waals surface area contributed by atoms with Crippen molar-refractivity contribution < 1.29 is 8.42 Å². The second-order valence-electron chi connectivity index (χ2n) is 5.55. The normalized spacial score (nSPS) is 22.2. The van der Waals surface area contributed by atoms with E-state index in [1.807, 2.05) is 14.0 Å². The third-order valence-electron chi connectivity index (χ3n) is 3.80. The predicted octanol–water partition coefficient (Wildman–Crippen LogP) is 1.51. The van der Waals surface area contributed by atoms with Crippen molar-refractivity contribution in [3.05, 3.63) is 28.8 Å². The Morgan fingerprint density at radius 3 is 2.76 bits per heavy atom. The molecule has 1 unspecified atom stereocenters. The van der Waals surface area contributed by atoms with Crippen molar-refractivity contribution >= 4 is 21.6 Å². The van der Waals surface area contributed by atoms with Crippen LogP contribution < -0.4 is 5.73 Å². The van der Waals surface area contributed by atoms with Crippen LogP contribution in [0, 0.1) is 0 Å². The van der Waals surface area contributed by atoms with Crippen LogP contribution >= 0.6 is 11.6 Å². The summed E-state index contributed by atoms with van der Waals surface area (Å²) in [6, 6.07) is 4.85. The van der Waals surface area contributed by atoms with Gasteiger partial charge in [-0.05, 0) is 44.6 Å². The Labute approximate surface area is 131 Å². The Morgan fingerprint density at radius 2 is 2.10 bits per heavy atom. The molecule has 0 saturated carbocycles. The van der Waals surface area contributed by atoms with E-state index in [2.05, 4.69) is 4.90 Å². The van der Waals surface area contributed by atoms with Crippen LogP contribution in [0.4, 0.5) is 0 Å². The van der Waals surface area contributed by atoms with Gasteiger partial charge in [0.05, 0.1) is 5.02 Å². The Kier molecular flexibility index (Phi) is 5.27. The summed E-state index contributed by atoms with van der Waals surface area (Å²) >= 11 is 6.12. The molecule has 118 valence electrons. The fourth-order valence-corrected chi connectivity index (χ4v) is 4.89. The van der Waals surface area contributed by atoms with Gasteiger partial charge in [0.15, 0.2) is 0 Å². The molecule has 0 spiro atoms. The highest BCUT2D eigenvalue weighted by Crippen LogP contribution is 2.28. The van der Waals surface area contributed by atoms with E-state index in [-0.39, 0.29) is 22.5 Å². The zero-order chi connectivity index (χ0) is 15.6. The van der Waals surface area contributed by atoms with Gasteiger partial charge >= 0.3 is 0 Å². The molecule has 0 amide bonds. The first-order valence-corrected chi connectivity index (χ1v) is 8.87. The number of nitrogens with zero attached hydrogens (tertiary/aromatic N) is 2. The molecule has 1 aromatic rings. The van der Waals surface area contributed by atoms with Crippen molar-refractivity contribution in [3.8, 4) is 0 Å². The van der Waals surface area contributed by atoms with Crippen LogP contribution in [0.3, 0.4) is 0 Å². The molecule has 0 aromatic heterocycles. The molecule has 21 heavy (non-hydrogen) atoms. The summed E-state index contributed by atoms with van der Waals surface area (Å²) in [7, 11) is -1.59. The fourth-order valence-electron chi connectivity index (χ4n) is 2.71. The van der Waals surface area contributed by atoms with Gasteiger partial charge in [0.25, 0.3) is 0 Å². The van der Waals surface area contributed by atoms with Gasteiger partial charge in [0.1, 0.15) is 4.90 Å². The molecule has 0 bridgehead atoms. The van der Waals surface area contributed by atoms with Crippen molar-refractivity contribution in [3.63, 3.8) is 0 Å². The molecule has 7 heteroatoms. The molecule has 0 radical (unpaired) electrons. The van der Waals surface area contributed by atoms with Crippen LogP contribution in [0.1, 0.15) is 18.9 Å². The molecule has 1 heterocycles. The number of halogens is 1. The minimum Gasteiger partial charge on any atom is -0.326 e. The summed E-state index contributed by atoms with van der Waals surface area (Å²) in [5, 5.41) is 0.247. The molecular formula is C14H22ClN3O2S. The van der Waals surface area contributed by atoms with Crippen molar-refractivity contribution in [1.82, 2.24) is 9.21 Å². The molecule has 2 rings (SSSR count). The van der Waals surface area contributed by atoms with Crippen LogP contribution in [-0.4, -0.2) is 50.3 Å². The van der Waals surface area contributed by atoms with Gasteiger partial charge in [-0.15, -0.1) is 0 Å². The van der Waals surface area contributed by atoms with E-state index in [1.54, 1.807) is 22.5 Å². The standard InChI is InChI=1S/C14H22ClN3O2S/c1-11-10-17(2)6-3-7-18(11)21(19,20)14-8-12(9-16)4-5-13(14)15/h4-5,8,11H,3,6-7,9-10,16H2,1-2H3. The zero-order valence-electron chi connectivity index (χ0n) is 12.4. The van der Waals surface area contributed by atoms with Crippen LogP contribution in [0.5, 0.6) is 0 Å². The summed E-state index contributed by atoms with van der Waals surface area (Å²) in [5.74, 6) is 0. The van der Waals surface area contributed by atoms with Crippen molar-refractivity contribution in [2.75, 3.05) is 26.7 Å². The van der Waals surface area contributed by atoms with Gasteiger partial charge in [-0.25, -0.2) is 8.42 Å². The van der Waals surface area contributed by atoms with Crippen LogP contribution in [0.2, 0.25) is 5.02 Å². The summed E-state index contributed by atoms with van der Waals surface area (Å²) in [6.45, 7) is 4.34. The quantitative estimate of drug-likeness (QED) is 0.911. The highest BCUT2D eigenvalue weighted by atomic mass is 35.5. The molecule has 2 N–H and O–H groups in total. The first-order valence-electron chi connectivity index (χ1n) is 7.05. The Hall–Kier alpha value is -0.660. The van der Waals surface area contributed by atoms with E-state index < -0.39 is 10.0 Å². The number of sulfonamides is 1. The largest absolute Gasteiger partial charge is 0.326 e. The average Bonchev–Trinajstić information content (AvgIpc) is 2.60. The van der Waals surface area contributed by atoms with Gasteiger partial charge in [-0.3, -0.25) is 0 Å². The van der Waals surface area contributed by atoms with Crippen LogP contribution in [-0.2, 0) is 16.6 Å². The second kappa shape index (κ2) is 6.62. The summed E-state index contributed by atoms with van der Waals surface area (Å²) in [4.78, 5) is 2.31. The summed E-state index contributed by atoms with van der Waals surface area (Å²) in [5.41, 5.74) is 6.36. The van der Waals surface area contributed by atoms with E-state index in [0.29, 0.717) is 13.1 Å². The van der Waals surface area contributed by atoms with E-state index in [0.717, 1.165) is 18.5 Å². The maximum atomic E-state index is 12.9. The van der Waals surface area contributed by atoms with Gasteiger partial charge in [0, 0.05) is 25.7 Å². The summed E-state index contributed by atoms with van der Waals surface area (Å²) < 4.78 is 27.4. The molecule has 0 aliphatic carbocycles. The second-order valence-corrected chi connectivity index (χ2v) is 7.82. The first kappa shape index (κ1) is 16.7. The summed E-state index contributed by atoms with van der Waals surface area (Å²) in [6.07, 6.45) is 0.814. The van der Waals surface area contributed by atoms with Gasteiger partial charge in [-0.1, -0.05) is 17.7 Å². The molecular weight excluding hydrogens is 310 g/mol. The lowest BCUT2D eigenvalue weighted by Gasteiger charge is -2.27. The minimum atomic E-state index is -3.60. The molecule has 1 atom stereocenters. The van der Waals surface area contributed by atoms with Crippen LogP contribution in [0.25, 0.3) is 0 Å². The maximum Gasteiger partial charge on any atom is 0.244 e. The Balaban J connectivity index is 2.41. The molecule has 1 aliphatic rings. The number of likely N-dealkylation sites (N-methyl/N-ethyl adjacent to an activating group) is 1. The van der Waals surface area contributed by atoms with Gasteiger partial charge in [-0.2, -0.15) is 4.31 Å². The van der Waals surface area contributed by atoms with Gasteiger partial charge in [0.2, 0.25) is 10.0 Å². The number of rotatable bonds is 3. The number of nitrogens with two attached hydrogens (primary N) is 1. The molecule has 1 aliphatic heterocycles. The fraction of sp³-hybridized carbons (Fsp3) is 0.571. The van der Waals surface area contributed by atoms with Gasteiger partial charge < -0.3 is 10.6 Å². The zero-order valence-corrected chi connectivity index (χ0v) is 14.0. The number of hydrogen-bond donors (Lipinski definition) is 1. The van der Waals surface area contributed by atoms with Crippen molar-refractivity contribution in [2.45, 2.75) is 30.8 Å². The van der Waals surface area contributed by atoms with Crippen molar-refractivity contribution in [2.24, 2.45) is 5.73 Å². The Bertz CT molecular complexity index is 606. The minimum absolute atomic E-state index is 0.0832. The monoisotopic (exact) mass is 331 g/mol. The Morgan fingerprint density at radius 1 is 1.38 bits per heavy atom. The number of hydrogen-bond acceptors (Lipinski definition) is 4. The molecule has 5 nitrogen and oxygen atoms in total. The predicted molar refractivity (Wildman–Crippen MR) is 84.8 cm³/mol. The SMILES string of the molecule is CC1CN(C)CCCN1S(=O)(=O)c1cc(CN)ccc1Cl. The third kappa shape index (κ3) is 3.57. The van der Waals surface area contributed by atoms with E-state index >= 15 is 0 Å². The highest BCUT2D eigenvalue weighted by molar-refractivity contribution is 7.89. The van der Waals surface area contributed by atoms with E-state index in [4.69, 9.17) is 17.3 Å².